The van der Waals surface area contributed by atoms with Crippen LogP contribution in [0.1, 0.15) is 89.3 Å². The minimum atomic E-state index is -0.838. The molecule has 0 spiro atoms. The number of carboxylic acid groups (broad SMARTS) is 1. The van der Waals surface area contributed by atoms with Crippen molar-refractivity contribution in [2.24, 2.45) is 0 Å². The molecule has 0 saturated carbocycles. The zero-order valence-electron chi connectivity index (χ0n) is 20.7. The van der Waals surface area contributed by atoms with Gasteiger partial charge in [-0.2, -0.15) is 0 Å². The van der Waals surface area contributed by atoms with Crippen LogP contribution in [-0.2, 0) is 23.1 Å². The number of hydrogen-bond donors (Lipinski definition) is 2. The first kappa shape index (κ1) is 26.0. The van der Waals surface area contributed by atoms with Gasteiger partial charge in [-0.3, -0.25) is 4.79 Å². The van der Waals surface area contributed by atoms with Crippen LogP contribution in [0.15, 0.2) is 24.3 Å². The van der Waals surface area contributed by atoms with E-state index in [0.29, 0.717) is 28.2 Å². The molecule has 0 atom stereocenters. The van der Waals surface area contributed by atoms with Crippen LogP contribution >= 0.6 is 11.6 Å². The molecule has 0 amide bonds. The molecule has 0 radical (unpaired) electrons. The number of fused-ring (bicyclic) bond motifs is 1. The fourth-order valence-corrected chi connectivity index (χ4v) is 4.52. The van der Waals surface area contributed by atoms with E-state index in [1.54, 1.807) is 12.1 Å². The number of aromatic nitrogens is 3. The van der Waals surface area contributed by atoms with E-state index in [4.69, 9.17) is 11.6 Å². The van der Waals surface area contributed by atoms with Gasteiger partial charge in [0, 0.05) is 17.0 Å². The van der Waals surface area contributed by atoms with Gasteiger partial charge in [-0.15, -0.1) is 15.0 Å². The second kappa shape index (κ2) is 11.2. The van der Waals surface area contributed by atoms with Crippen molar-refractivity contribution in [3.8, 4) is 11.4 Å². The van der Waals surface area contributed by atoms with Gasteiger partial charge >= 0.3 is 5.97 Å². The molecule has 0 fully saturated rings. The first-order valence-corrected chi connectivity index (χ1v) is 12.6. The summed E-state index contributed by atoms with van der Waals surface area (Å²) < 4.78 is 0. The third-order valence-corrected chi connectivity index (χ3v) is 6.45. The van der Waals surface area contributed by atoms with Crippen LogP contribution in [0, 0.1) is 0 Å². The molecule has 6 nitrogen and oxygen atoms in total. The molecule has 7 heteroatoms. The van der Waals surface area contributed by atoms with Crippen LogP contribution in [0.4, 0.5) is 0 Å². The number of aryl methyl sites for hydroxylation is 1. The van der Waals surface area contributed by atoms with Gasteiger partial charge in [0.2, 0.25) is 0 Å². The lowest BCUT2D eigenvalue weighted by Gasteiger charge is -2.25. The highest BCUT2D eigenvalue weighted by molar-refractivity contribution is 6.31. The molecule has 0 saturated heterocycles. The normalized spacial score (nSPS) is 11.9. The zero-order valence-corrected chi connectivity index (χ0v) is 21.5. The van der Waals surface area contributed by atoms with E-state index >= 15 is 0 Å². The van der Waals surface area contributed by atoms with Gasteiger partial charge < -0.3 is 10.2 Å². The van der Waals surface area contributed by atoms with Gasteiger partial charge in [-0.1, -0.05) is 77.5 Å². The largest absolute Gasteiger partial charge is 0.505 e. The maximum atomic E-state index is 11.5. The Kier molecular flexibility index (Phi) is 8.58. The van der Waals surface area contributed by atoms with Crippen molar-refractivity contribution in [3.05, 3.63) is 46.0 Å². The van der Waals surface area contributed by atoms with E-state index in [1.165, 1.54) is 30.5 Å². The lowest BCUT2D eigenvalue weighted by atomic mass is 9.82. The van der Waals surface area contributed by atoms with E-state index in [9.17, 15) is 15.0 Å². The van der Waals surface area contributed by atoms with E-state index in [0.717, 1.165) is 36.0 Å². The zero-order chi connectivity index (χ0) is 24.9. The first-order valence-electron chi connectivity index (χ1n) is 12.2. The predicted molar refractivity (Wildman–Crippen MR) is 137 cm³/mol. The number of phenols is 1. The summed E-state index contributed by atoms with van der Waals surface area (Å²) in [6, 6.07) is 7.31. The minimum absolute atomic E-state index is 0.0292. The predicted octanol–water partition coefficient (Wildman–Crippen LogP) is 7.00. The lowest BCUT2D eigenvalue weighted by molar-refractivity contribution is -0.136. The average Bonchev–Trinajstić information content (AvgIpc) is 3.16. The summed E-state index contributed by atoms with van der Waals surface area (Å²) in [7, 11) is 0. The number of carboxylic acids is 1. The highest BCUT2D eigenvalue weighted by Gasteiger charge is 2.27. The number of carbonyl (C=O) groups is 1. The van der Waals surface area contributed by atoms with Crippen molar-refractivity contribution in [1.82, 2.24) is 15.0 Å². The van der Waals surface area contributed by atoms with Crippen molar-refractivity contribution in [2.75, 3.05) is 0 Å². The summed E-state index contributed by atoms with van der Waals surface area (Å²) in [5, 5.41) is 30.7. The lowest BCUT2D eigenvalue weighted by Crippen LogP contribution is -2.17. The molecule has 1 heterocycles. The smallest absolute Gasteiger partial charge is 0.303 e. The quantitative estimate of drug-likeness (QED) is 0.285. The number of unbranched alkanes of at least 4 members (excludes halogenated alkanes) is 5. The number of nitrogens with zero attached hydrogens (tertiary/aromatic N) is 3. The van der Waals surface area contributed by atoms with Crippen molar-refractivity contribution >= 4 is 28.6 Å². The highest BCUT2D eigenvalue weighted by Crippen LogP contribution is 2.40. The molecule has 34 heavy (non-hydrogen) atoms. The molecule has 0 bridgehead atoms. The SMILES string of the molecule is CCCCCCCCc1c(CCC(=O)O)cc(C(C)(C)C)c(O)c1-n1nc2ccc(Cl)cc2n1. The van der Waals surface area contributed by atoms with Crippen molar-refractivity contribution in [1.29, 1.82) is 0 Å². The van der Waals surface area contributed by atoms with E-state index < -0.39 is 5.97 Å². The summed E-state index contributed by atoms with van der Waals surface area (Å²) in [6.07, 6.45) is 8.02. The number of hydrogen-bond acceptors (Lipinski definition) is 4. The fourth-order valence-electron chi connectivity index (χ4n) is 4.35. The van der Waals surface area contributed by atoms with Crippen LogP contribution in [0.25, 0.3) is 16.7 Å². The monoisotopic (exact) mass is 485 g/mol. The van der Waals surface area contributed by atoms with Gasteiger partial charge in [0.25, 0.3) is 0 Å². The van der Waals surface area contributed by atoms with Crippen LogP contribution in [0.2, 0.25) is 5.02 Å². The Balaban J connectivity index is 2.12. The summed E-state index contributed by atoms with van der Waals surface area (Å²) in [4.78, 5) is 12.9. The van der Waals surface area contributed by atoms with Crippen molar-refractivity contribution < 1.29 is 15.0 Å². The van der Waals surface area contributed by atoms with Crippen LogP contribution < -0.4 is 0 Å². The van der Waals surface area contributed by atoms with Crippen LogP contribution in [-0.4, -0.2) is 31.2 Å². The summed E-state index contributed by atoms with van der Waals surface area (Å²) in [5.74, 6) is -0.686. The Morgan fingerprint density at radius 2 is 1.68 bits per heavy atom. The molecule has 3 rings (SSSR count). The van der Waals surface area contributed by atoms with Crippen LogP contribution in [0.3, 0.4) is 0 Å². The maximum absolute atomic E-state index is 11.5. The number of phenolic OH excluding ortho intramolecular Hbond substituents is 1. The Labute approximate surface area is 206 Å². The Bertz CT molecular complexity index is 1150. The molecule has 0 unspecified atom stereocenters. The molecule has 1 aromatic heterocycles. The van der Waals surface area contributed by atoms with Gasteiger partial charge in [0.05, 0.1) is 0 Å². The maximum Gasteiger partial charge on any atom is 0.303 e. The minimum Gasteiger partial charge on any atom is -0.505 e. The van der Waals surface area contributed by atoms with Crippen molar-refractivity contribution in [3.63, 3.8) is 0 Å². The standard InChI is InChI=1S/C27H36ClN3O3/c1-5-6-7-8-9-10-11-20-18(12-15-24(32)33)16-21(27(2,3)4)26(34)25(20)31-29-22-14-13-19(28)17-23(22)30-31/h13-14,16-17,34H,5-12,15H2,1-4H3,(H,32,33). The molecule has 3 aromatic rings. The topological polar surface area (TPSA) is 88.2 Å². The number of benzene rings is 2. The molecular weight excluding hydrogens is 450 g/mol. The van der Waals surface area contributed by atoms with Gasteiger partial charge in [0.15, 0.2) is 0 Å². The van der Waals surface area contributed by atoms with Crippen molar-refractivity contribution in [2.45, 2.75) is 90.9 Å². The van der Waals surface area contributed by atoms with Gasteiger partial charge in [0.1, 0.15) is 22.5 Å². The summed E-state index contributed by atoms with van der Waals surface area (Å²) >= 11 is 6.16. The summed E-state index contributed by atoms with van der Waals surface area (Å²) in [5.41, 5.74) is 4.16. The second-order valence-corrected chi connectivity index (χ2v) is 10.5. The third kappa shape index (κ3) is 6.29. The van der Waals surface area contributed by atoms with E-state index in [-0.39, 0.29) is 17.6 Å². The Morgan fingerprint density at radius 3 is 2.35 bits per heavy atom. The molecular formula is C27H36ClN3O3. The van der Waals surface area contributed by atoms with Gasteiger partial charge in [-0.25, -0.2) is 0 Å². The molecule has 184 valence electrons. The van der Waals surface area contributed by atoms with E-state index in [1.807, 2.05) is 32.9 Å². The first-order chi connectivity index (χ1) is 16.1. The van der Waals surface area contributed by atoms with E-state index in [2.05, 4.69) is 17.1 Å². The molecule has 0 aliphatic carbocycles. The van der Waals surface area contributed by atoms with Crippen LogP contribution in [0.5, 0.6) is 5.75 Å². The Hall–Kier alpha value is -2.60. The molecule has 2 aromatic carbocycles. The van der Waals surface area contributed by atoms with Gasteiger partial charge in [-0.05, 0) is 54.0 Å². The number of halogens is 1. The number of aromatic hydroxyl groups is 1. The highest BCUT2D eigenvalue weighted by atomic mass is 35.5. The molecule has 0 aliphatic heterocycles. The Morgan fingerprint density at radius 1 is 1.00 bits per heavy atom. The second-order valence-electron chi connectivity index (χ2n) is 10.0. The number of rotatable bonds is 11. The fraction of sp³-hybridized carbons (Fsp3) is 0.519. The third-order valence-electron chi connectivity index (χ3n) is 6.21. The molecule has 2 N–H and O–H groups in total. The summed E-state index contributed by atoms with van der Waals surface area (Å²) in [6.45, 7) is 8.31. The molecule has 0 aliphatic rings. The number of aliphatic carboxylic acids is 1. The average molecular weight is 486 g/mol.